The van der Waals surface area contributed by atoms with Crippen molar-refractivity contribution in [2.45, 2.75) is 39.2 Å². The number of rotatable bonds is 7. The highest BCUT2D eigenvalue weighted by atomic mass is 16.5. The maximum atomic E-state index is 12.6. The molecular weight excluding hydrogens is 280 g/mol. The van der Waals surface area contributed by atoms with Crippen molar-refractivity contribution in [1.82, 2.24) is 0 Å². The number of carbonyl (C=O) groups is 1. The van der Waals surface area contributed by atoms with Gasteiger partial charge in [-0.15, -0.1) is 0 Å². The Morgan fingerprint density at radius 2 is 2.14 bits per heavy atom. The van der Waals surface area contributed by atoms with Gasteiger partial charge < -0.3 is 14.8 Å². The Hall–Kier alpha value is -2.06. The minimum absolute atomic E-state index is 0.197. The molecule has 0 unspecified atom stereocenters. The number of hydrogen-bond acceptors (Lipinski definition) is 4. The highest BCUT2D eigenvalue weighted by Gasteiger charge is 2.48. The van der Waals surface area contributed by atoms with E-state index in [1.807, 2.05) is 20.8 Å². The number of nitriles is 1. The molecular formula is C17H22N2O3. The smallest absolute Gasteiger partial charge is 0.256 e. The van der Waals surface area contributed by atoms with Crippen LogP contribution in [0.2, 0.25) is 0 Å². The summed E-state index contributed by atoms with van der Waals surface area (Å²) in [6, 6.07) is 7.17. The first-order valence-electron chi connectivity index (χ1n) is 7.67. The minimum atomic E-state index is -0.833. The Labute approximate surface area is 131 Å². The van der Waals surface area contributed by atoms with Gasteiger partial charge in [-0.1, -0.05) is 0 Å². The van der Waals surface area contributed by atoms with Crippen molar-refractivity contribution in [3.05, 3.63) is 23.8 Å². The molecule has 118 valence electrons. The summed E-state index contributed by atoms with van der Waals surface area (Å²) in [5.41, 5.74) is 0.0385. The second kappa shape index (κ2) is 6.80. The van der Waals surface area contributed by atoms with Crippen LogP contribution in [-0.2, 0) is 9.53 Å². The zero-order valence-electron chi connectivity index (χ0n) is 13.3. The Balaban J connectivity index is 2.19. The van der Waals surface area contributed by atoms with Crippen molar-refractivity contribution < 1.29 is 14.3 Å². The molecule has 0 aliphatic heterocycles. The predicted molar refractivity (Wildman–Crippen MR) is 83.7 cm³/mol. The lowest BCUT2D eigenvalue weighted by molar-refractivity contribution is -0.141. The predicted octanol–water partition coefficient (Wildman–Crippen LogP) is 3.10. The molecule has 1 amide bonds. The third-order valence-corrected chi connectivity index (χ3v) is 3.92. The fourth-order valence-corrected chi connectivity index (χ4v) is 2.53. The van der Waals surface area contributed by atoms with Crippen LogP contribution in [0.25, 0.3) is 0 Å². The number of amides is 1. The average molecular weight is 302 g/mol. The van der Waals surface area contributed by atoms with Crippen LogP contribution in [0.1, 0.15) is 39.2 Å². The maximum Gasteiger partial charge on any atom is 0.256 e. The summed E-state index contributed by atoms with van der Waals surface area (Å²) in [4.78, 5) is 12.6. The summed E-state index contributed by atoms with van der Waals surface area (Å²) in [5.74, 6) is 0.671. The fourth-order valence-electron chi connectivity index (χ4n) is 2.53. The Kier molecular flexibility index (Phi) is 5.04. The Morgan fingerprint density at radius 3 is 2.68 bits per heavy atom. The summed E-state index contributed by atoms with van der Waals surface area (Å²) in [7, 11) is 0. The van der Waals surface area contributed by atoms with Crippen LogP contribution in [0.5, 0.6) is 5.75 Å². The normalized spacial score (nSPS) is 16.5. The van der Waals surface area contributed by atoms with Gasteiger partial charge >= 0.3 is 0 Å². The topological polar surface area (TPSA) is 71.3 Å². The molecule has 0 radical (unpaired) electrons. The molecule has 1 N–H and O–H groups in total. The second-order valence-electron chi connectivity index (χ2n) is 5.52. The Morgan fingerprint density at radius 1 is 1.41 bits per heavy atom. The van der Waals surface area contributed by atoms with E-state index in [9.17, 15) is 10.1 Å². The highest BCUT2D eigenvalue weighted by Crippen LogP contribution is 2.42. The zero-order chi connectivity index (χ0) is 16.2. The SMILES string of the molecule is CCOc1ccc(NC(=O)[C@](C)(OCC)C2CC2)c(C#N)c1. The van der Waals surface area contributed by atoms with Crippen LogP contribution < -0.4 is 10.1 Å². The molecule has 0 aromatic heterocycles. The van der Waals surface area contributed by atoms with Gasteiger partial charge in [0.05, 0.1) is 17.9 Å². The molecule has 1 aliphatic rings. The number of ether oxygens (including phenoxy) is 2. The minimum Gasteiger partial charge on any atom is -0.494 e. The van der Waals surface area contributed by atoms with E-state index in [0.29, 0.717) is 30.2 Å². The van der Waals surface area contributed by atoms with Crippen LogP contribution in [-0.4, -0.2) is 24.7 Å². The largest absolute Gasteiger partial charge is 0.494 e. The lowest BCUT2D eigenvalue weighted by Crippen LogP contribution is -2.45. The molecule has 22 heavy (non-hydrogen) atoms. The number of hydrogen-bond donors (Lipinski definition) is 1. The van der Waals surface area contributed by atoms with Gasteiger partial charge in [0.15, 0.2) is 0 Å². The summed E-state index contributed by atoms with van der Waals surface area (Å²) in [5, 5.41) is 12.1. The van der Waals surface area contributed by atoms with Gasteiger partial charge in [-0.2, -0.15) is 5.26 Å². The number of nitrogens with one attached hydrogen (secondary N) is 1. The van der Waals surface area contributed by atoms with E-state index in [4.69, 9.17) is 9.47 Å². The van der Waals surface area contributed by atoms with Gasteiger partial charge in [0.25, 0.3) is 5.91 Å². The van der Waals surface area contributed by atoms with Crippen molar-refractivity contribution in [2.24, 2.45) is 5.92 Å². The average Bonchev–Trinajstić information content (AvgIpc) is 3.34. The monoisotopic (exact) mass is 302 g/mol. The van der Waals surface area contributed by atoms with Gasteiger partial charge in [0, 0.05) is 6.61 Å². The zero-order valence-corrected chi connectivity index (χ0v) is 13.3. The van der Waals surface area contributed by atoms with Gasteiger partial charge in [-0.25, -0.2) is 0 Å². The van der Waals surface area contributed by atoms with Crippen molar-refractivity contribution in [1.29, 1.82) is 5.26 Å². The molecule has 2 rings (SSSR count). The number of anilines is 1. The van der Waals surface area contributed by atoms with Crippen LogP contribution in [0.3, 0.4) is 0 Å². The summed E-state index contributed by atoms with van der Waals surface area (Å²) >= 11 is 0. The Bertz CT molecular complexity index is 590. The quantitative estimate of drug-likeness (QED) is 0.840. The maximum absolute atomic E-state index is 12.6. The highest BCUT2D eigenvalue weighted by molar-refractivity contribution is 5.98. The van der Waals surface area contributed by atoms with Gasteiger partial charge in [0.2, 0.25) is 0 Å². The van der Waals surface area contributed by atoms with Gasteiger partial charge in [0.1, 0.15) is 17.4 Å². The molecule has 1 saturated carbocycles. The van der Waals surface area contributed by atoms with E-state index in [2.05, 4.69) is 11.4 Å². The number of nitrogens with zero attached hydrogens (tertiary/aromatic N) is 1. The molecule has 1 fully saturated rings. The van der Waals surface area contributed by atoms with E-state index in [1.54, 1.807) is 18.2 Å². The molecule has 1 aliphatic carbocycles. The van der Waals surface area contributed by atoms with E-state index in [1.165, 1.54) is 0 Å². The summed E-state index contributed by atoms with van der Waals surface area (Å²) in [6.07, 6.45) is 2.00. The molecule has 1 aromatic rings. The number of carbonyl (C=O) groups excluding carboxylic acids is 1. The van der Waals surface area contributed by atoms with Crippen molar-refractivity contribution >= 4 is 11.6 Å². The third-order valence-electron chi connectivity index (χ3n) is 3.92. The van der Waals surface area contributed by atoms with Gasteiger partial charge in [-0.05, 0) is 57.7 Å². The molecule has 1 atom stereocenters. The van der Waals surface area contributed by atoms with Crippen LogP contribution in [0.4, 0.5) is 5.69 Å². The summed E-state index contributed by atoms with van der Waals surface area (Å²) in [6.45, 7) is 6.59. The molecule has 0 heterocycles. The summed E-state index contributed by atoms with van der Waals surface area (Å²) < 4.78 is 11.1. The van der Waals surface area contributed by atoms with Crippen molar-refractivity contribution in [3.63, 3.8) is 0 Å². The first-order chi connectivity index (χ1) is 10.5. The van der Waals surface area contributed by atoms with E-state index < -0.39 is 5.60 Å². The van der Waals surface area contributed by atoms with Crippen LogP contribution >= 0.6 is 0 Å². The van der Waals surface area contributed by atoms with Crippen molar-refractivity contribution in [2.75, 3.05) is 18.5 Å². The second-order valence-corrected chi connectivity index (χ2v) is 5.52. The van der Waals surface area contributed by atoms with Gasteiger partial charge in [-0.3, -0.25) is 4.79 Å². The molecule has 5 heteroatoms. The first kappa shape index (κ1) is 16.3. The fraction of sp³-hybridized carbons (Fsp3) is 0.529. The van der Waals surface area contributed by atoms with E-state index >= 15 is 0 Å². The van der Waals surface area contributed by atoms with Crippen LogP contribution in [0, 0.1) is 17.2 Å². The molecule has 0 spiro atoms. The lowest BCUT2D eigenvalue weighted by atomic mass is 9.98. The first-order valence-corrected chi connectivity index (χ1v) is 7.67. The molecule has 0 bridgehead atoms. The lowest BCUT2D eigenvalue weighted by Gasteiger charge is -2.28. The van der Waals surface area contributed by atoms with Crippen LogP contribution in [0.15, 0.2) is 18.2 Å². The molecule has 1 aromatic carbocycles. The van der Waals surface area contributed by atoms with E-state index in [-0.39, 0.29) is 11.8 Å². The number of benzene rings is 1. The standard InChI is InChI=1S/C17H22N2O3/c1-4-21-14-8-9-15(12(10-14)11-18)19-16(20)17(3,22-5-2)13-6-7-13/h8-10,13H,4-7H2,1-3H3,(H,19,20)/t17-/m1/s1. The third kappa shape index (κ3) is 3.40. The van der Waals surface area contributed by atoms with Crippen molar-refractivity contribution in [3.8, 4) is 11.8 Å². The van der Waals surface area contributed by atoms with E-state index in [0.717, 1.165) is 12.8 Å². The molecule has 0 saturated heterocycles. The molecule has 5 nitrogen and oxygen atoms in total.